The Balaban J connectivity index is 1.67. The number of anilines is 2. The summed E-state index contributed by atoms with van der Waals surface area (Å²) in [7, 11) is 0. The Morgan fingerprint density at radius 2 is 2.26 bits per heavy atom. The molecule has 3 atom stereocenters. The summed E-state index contributed by atoms with van der Waals surface area (Å²) in [6, 6.07) is 3.79. The molecule has 3 unspecified atom stereocenters. The predicted octanol–water partition coefficient (Wildman–Crippen LogP) is 1.44. The standard InChI is InChI=1S/C13H15N3O3/c14-7-4-12-10(16-13(17)19-12)5-8(7)15-9-3-6-1-2-11(9)18-6/h4-6,9,11,15H,1-3,14H2,(H,16,17). The number of nitrogens with one attached hydrogen (secondary N) is 2. The van der Waals surface area contributed by atoms with Gasteiger partial charge in [0.1, 0.15) is 0 Å². The lowest BCUT2D eigenvalue weighted by atomic mass is 9.95. The lowest BCUT2D eigenvalue weighted by Crippen LogP contribution is -2.30. The van der Waals surface area contributed by atoms with Gasteiger partial charge < -0.3 is 20.2 Å². The van der Waals surface area contributed by atoms with E-state index < -0.39 is 5.76 Å². The van der Waals surface area contributed by atoms with E-state index in [1.807, 2.05) is 6.07 Å². The SMILES string of the molecule is Nc1cc2oc(=O)[nH]c2cc1NC1CC2CCC1O2. The van der Waals surface area contributed by atoms with Crippen LogP contribution >= 0.6 is 0 Å². The lowest BCUT2D eigenvalue weighted by Gasteiger charge is -2.22. The van der Waals surface area contributed by atoms with Crippen LogP contribution in [-0.4, -0.2) is 23.2 Å². The molecule has 1 aromatic heterocycles. The number of hydrogen-bond acceptors (Lipinski definition) is 5. The van der Waals surface area contributed by atoms with Crippen molar-refractivity contribution in [3.05, 3.63) is 22.7 Å². The normalized spacial score (nSPS) is 29.2. The van der Waals surface area contributed by atoms with Gasteiger partial charge in [-0.2, -0.15) is 0 Å². The van der Waals surface area contributed by atoms with E-state index in [2.05, 4.69) is 10.3 Å². The maximum absolute atomic E-state index is 11.2. The molecule has 2 aliphatic heterocycles. The Morgan fingerprint density at radius 3 is 3.00 bits per heavy atom. The average Bonchev–Trinajstić information content (AvgIpc) is 3.04. The minimum absolute atomic E-state index is 0.281. The van der Waals surface area contributed by atoms with E-state index in [9.17, 15) is 4.79 Å². The van der Waals surface area contributed by atoms with E-state index in [1.54, 1.807) is 6.07 Å². The zero-order chi connectivity index (χ0) is 13.0. The van der Waals surface area contributed by atoms with Crippen LogP contribution in [0.15, 0.2) is 21.3 Å². The Kier molecular flexibility index (Phi) is 2.17. The zero-order valence-electron chi connectivity index (χ0n) is 10.3. The molecule has 0 spiro atoms. The van der Waals surface area contributed by atoms with Gasteiger partial charge in [0, 0.05) is 6.07 Å². The average molecular weight is 261 g/mol. The molecule has 6 nitrogen and oxygen atoms in total. The van der Waals surface area contributed by atoms with Crippen molar-refractivity contribution >= 4 is 22.5 Å². The number of ether oxygens (including phenoxy) is 1. The van der Waals surface area contributed by atoms with E-state index in [-0.39, 0.29) is 6.10 Å². The minimum Gasteiger partial charge on any atom is -0.408 e. The van der Waals surface area contributed by atoms with Crippen molar-refractivity contribution in [1.82, 2.24) is 4.98 Å². The second-order valence-electron chi connectivity index (χ2n) is 5.31. The first-order chi connectivity index (χ1) is 9.19. The number of aromatic amines is 1. The molecule has 4 N–H and O–H groups in total. The number of hydrogen-bond donors (Lipinski definition) is 3. The largest absolute Gasteiger partial charge is 0.417 e. The second-order valence-corrected chi connectivity index (χ2v) is 5.31. The van der Waals surface area contributed by atoms with Gasteiger partial charge in [0.15, 0.2) is 5.58 Å². The zero-order valence-corrected chi connectivity index (χ0v) is 10.3. The summed E-state index contributed by atoms with van der Waals surface area (Å²) in [5.41, 5.74) is 8.54. The maximum atomic E-state index is 11.2. The van der Waals surface area contributed by atoms with Crippen molar-refractivity contribution in [2.45, 2.75) is 37.5 Å². The van der Waals surface area contributed by atoms with Gasteiger partial charge in [-0.3, -0.25) is 4.98 Å². The number of nitrogen functional groups attached to an aromatic ring is 1. The van der Waals surface area contributed by atoms with E-state index >= 15 is 0 Å². The van der Waals surface area contributed by atoms with Crippen LogP contribution in [0.4, 0.5) is 11.4 Å². The molecule has 0 radical (unpaired) electrons. The van der Waals surface area contributed by atoms with Gasteiger partial charge >= 0.3 is 5.76 Å². The van der Waals surface area contributed by atoms with Crippen molar-refractivity contribution in [2.75, 3.05) is 11.1 Å². The van der Waals surface area contributed by atoms with E-state index in [4.69, 9.17) is 14.9 Å². The molecule has 19 heavy (non-hydrogen) atoms. The summed E-state index contributed by atoms with van der Waals surface area (Å²) in [5, 5.41) is 3.43. The molecule has 4 rings (SSSR count). The molecule has 2 bridgehead atoms. The Labute approximate surface area is 108 Å². The van der Waals surface area contributed by atoms with Crippen LogP contribution in [0.1, 0.15) is 19.3 Å². The van der Waals surface area contributed by atoms with Crippen LogP contribution < -0.4 is 16.8 Å². The quantitative estimate of drug-likeness (QED) is 0.711. The molecule has 0 saturated carbocycles. The van der Waals surface area contributed by atoms with Gasteiger partial charge in [-0.25, -0.2) is 4.79 Å². The van der Waals surface area contributed by atoms with Crippen molar-refractivity contribution in [2.24, 2.45) is 0 Å². The van der Waals surface area contributed by atoms with Crippen molar-refractivity contribution < 1.29 is 9.15 Å². The maximum Gasteiger partial charge on any atom is 0.417 e. The Bertz CT molecular complexity index is 690. The number of aromatic nitrogens is 1. The van der Waals surface area contributed by atoms with Gasteiger partial charge in [0.25, 0.3) is 0 Å². The third-order valence-electron chi connectivity index (χ3n) is 4.04. The molecule has 100 valence electrons. The topological polar surface area (TPSA) is 93.3 Å². The number of oxazole rings is 1. The van der Waals surface area contributed by atoms with E-state index in [0.717, 1.165) is 24.9 Å². The van der Waals surface area contributed by atoms with Crippen LogP contribution in [0, 0.1) is 0 Å². The monoisotopic (exact) mass is 261 g/mol. The molecule has 0 amide bonds. The van der Waals surface area contributed by atoms with Crippen LogP contribution in [0.5, 0.6) is 0 Å². The first kappa shape index (κ1) is 10.9. The van der Waals surface area contributed by atoms with Crippen LogP contribution in [-0.2, 0) is 4.74 Å². The van der Waals surface area contributed by atoms with Crippen LogP contribution in [0.2, 0.25) is 0 Å². The number of rotatable bonds is 2. The number of H-pyrrole nitrogens is 1. The highest BCUT2D eigenvalue weighted by molar-refractivity contribution is 5.85. The summed E-state index contributed by atoms with van der Waals surface area (Å²) in [5.74, 6) is -0.463. The van der Waals surface area contributed by atoms with E-state index in [0.29, 0.717) is 28.9 Å². The van der Waals surface area contributed by atoms with Gasteiger partial charge in [-0.15, -0.1) is 0 Å². The molecule has 2 saturated heterocycles. The van der Waals surface area contributed by atoms with Crippen molar-refractivity contribution in [1.29, 1.82) is 0 Å². The first-order valence-electron chi connectivity index (χ1n) is 6.53. The minimum atomic E-state index is -0.463. The molecular weight excluding hydrogens is 246 g/mol. The Morgan fingerprint density at radius 1 is 1.37 bits per heavy atom. The third-order valence-corrected chi connectivity index (χ3v) is 4.04. The highest BCUT2D eigenvalue weighted by Gasteiger charge is 2.40. The molecule has 2 aliphatic rings. The second kappa shape index (κ2) is 3.77. The van der Waals surface area contributed by atoms with Crippen molar-refractivity contribution in [3.63, 3.8) is 0 Å². The molecule has 3 heterocycles. The molecular formula is C13H15N3O3. The molecule has 0 aliphatic carbocycles. The molecule has 2 fully saturated rings. The van der Waals surface area contributed by atoms with Gasteiger partial charge in [0.05, 0.1) is 35.1 Å². The van der Waals surface area contributed by atoms with Gasteiger partial charge in [0.2, 0.25) is 0 Å². The van der Waals surface area contributed by atoms with Crippen LogP contribution in [0.3, 0.4) is 0 Å². The van der Waals surface area contributed by atoms with Crippen LogP contribution in [0.25, 0.3) is 11.1 Å². The molecule has 1 aromatic carbocycles. The molecule has 2 aromatic rings. The fourth-order valence-electron chi connectivity index (χ4n) is 3.13. The number of benzene rings is 1. The molecule has 6 heteroatoms. The smallest absolute Gasteiger partial charge is 0.408 e. The van der Waals surface area contributed by atoms with Gasteiger partial charge in [-0.1, -0.05) is 0 Å². The fourth-order valence-corrected chi connectivity index (χ4v) is 3.13. The summed E-state index contributed by atoms with van der Waals surface area (Å²) in [6.45, 7) is 0. The highest BCUT2D eigenvalue weighted by Crippen LogP contribution is 2.37. The number of nitrogens with two attached hydrogens (primary N) is 1. The van der Waals surface area contributed by atoms with E-state index in [1.165, 1.54) is 0 Å². The predicted molar refractivity (Wildman–Crippen MR) is 71.2 cm³/mol. The Hall–Kier alpha value is -1.95. The third kappa shape index (κ3) is 1.71. The van der Waals surface area contributed by atoms with Gasteiger partial charge in [-0.05, 0) is 25.3 Å². The fraction of sp³-hybridized carbons (Fsp3) is 0.462. The summed E-state index contributed by atoms with van der Waals surface area (Å²) in [6.07, 6.45) is 3.95. The first-order valence-corrected chi connectivity index (χ1v) is 6.53. The number of fused-ring (bicyclic) bond motifs is 3. The highest BCUT2D eigenvalue weighted by atomic mass is 16.5. The summed E-state index contributed by atoms with van der Waals surface area (Å²) >= 11 is 0. The summed E-state index contributed by atoms with van der Waals surface area (Å²) < 4.78 is 10.8. The summed E-state index contributed by atoms with van der Waals surface area (Å²) in [4.78, 5) is 13.8. The lowest BCUT2D eigenvalue weighted by molar-refractivity contribution is 0.102. The van der Waals surface area contributed by atoms with Crippen molar-refractivity contribution in [3.8, 4) is 0 Å².